The van der Waals surface area contributed by atoms with Crippen LogP contribution in [0.25, 0.3) is 0 Å². The Labute approximate surface area is 79.3 Å². The van der Waals surface area contributed by atoms with Crippen LogP contribution in [0.5, 0.6) is 0 Å². The van der Waals surface area contributed by atoms with E-state index >= 15 is 0 Å². The summed E-state index contributed by atoms with van der Waals surface area (Å²) in [6, 6.07) is 2.08. The second-order valence-electron chi connectivity index (χ2n) is 4.32. The molecular formula is C11H17NO. The topological polar surface area (TPSA) is 26.0 Å². The van der Waals surface area contributed by atoms with Gasteiger partial charge < -0.3 is 4.52 Å². The molecule has 2 heteroatoms. The van der Waals surface area contributed by atoms with Crippen LogP contribution >= 0.6 is 0 Å². The Balaban J connectivity index is 2.02. The van der Waals surface area contributed by atoms with E-state index in [2.05, 4.69) is 18.1 Å². The van der Waals surface area contributed by atoms with Gasteiger partial charge in [0.25, 0.3) is 0 Å². The van der Waals surface area contributed by atoms with E-state index < -0.39 is 0 Å². The Morgan fingerprint density at radius 1 is 1.31 bits per heavy atom. The molecule has 0 N–H and O–H groups in total. The van der Waals surface area contributed by atoms with Crippen LogP contribution in [0.1, 0.15) is 50.0 Å². The van der Waals surface area contributed by atoms with Crippen molar-refractivity contribution < 1.29 is 4.52 Å². The molecule has 0 atom stereocenters. The Morgan fingerprint density at radius 3 is 2.54 bits per heavy atom. The van der Waals surface area contributed by atoms with Gasteiger partial charge in [0.15, 0.2) is 0 Å². The van der Waals surface area contributed by atoms with Crippen molar-refractivity contribution in [3.05, 3.63) is 17.5 Å². The van der Waals surface area contributed by atoms with Gasteiger partial charge in [-0.3, -0.25) is 0 Å². The number of rotatable bonds is 1. The fourth-order valence-corrected chi connectivity index (χ4v) is 2.13. The van der Waals surface area contributed by atoms with Crippen LogP contribution in [0.2, 0.25) is 0 Å². The molecule has 0 aliphatic heterocycles. The maximum Gasteiger partial charge on any atom is 0.133 e. The lowest BCUT2D eigenvalue weighted by Gasteiger charge is -2.24. The molecule has 0 unspecified atom stereocenters. The molecule has 0 saturated heterocycles. The zero-order valence-electron chi connectivity index (χ0n) is 8.42. The van der Waals surface area contributed by atoms with Crippen LogP contribution < -0.4 is 0 Å². The van der Waals surface area contributed by atoms with Gasteiger partial charge in [0, 0.05) is 12.0 Å². The van der Waals surface area contributed by atoms with E-state index in [9.17, 15) is 0 Å². The third-order valence-corrected chi connectivity index (χ3v) is 3.08. The first kappa shape index (κ1) is 8.79. The third kappa shape index (κ3) is 1.93. The summed E-state index contributed by atoms with van der Waals surface area (Å²) >= 11 is 0. The Kier molecular flexibility index (Phi) is 2.38. The first-order valence-corrected chi connectivity index (χ1v) is 5.19. The predicted octanol–water partition coefficient (Wildman–Crippen LogP) is 3.28. The molecule has 13 heavy (non-hydrogen) atoms. The summed E-state index contributed by atoms with van der Waals surface area (Å²) in [5, 5.41) is 4.09. The van der Waals surface area contributed by atoms with E-state index in [1.807, 2.05) is 6.92 Å². The minimum Gasteiger partial charge on any atom is -0.361 e. The number of aryl methyl sites for hydroxylation is 1. The van der Waals surface area contributed by atoms with Crippen molar-refractivity contribution in [2.24, 2.45) is 5.92 Å². The molecule has 0 spiro atoms. The molecule has 72 valence electrons. The van der Waals surface area contributed by atoms with Gasteiger partial charge in [-0.25, -0.2) is 0 Å². The molecule has 0 radical (unpaired) electrons. The van der Waals surface area contributed by atoms with Crippen molar-refractivity contribution in [3.63, 3.8) is 0 Å². The normalized spacial score (nSPS) is 29.1. The number of hydrogen-bond acceptors (Lipinski definition) is 2. The van der Waals surface area contributed by atoms with Gasteiger partial charge in [-0.2, -0.15) is 0 Å². The lowest BCUT2D eigenvalue weighted by molar-refractivity contribution is 0.326. The Morgan fingerprint density at radius 2 is 2.00 bits per heavy atom. The summed E-state index contributed by atoms with van der Waals surface area (Å²) in [7, 11) is 0. The molecule has 1 saturated carbocycles. The van der Waals surface area contributed by atoms with Crippen LogP contribution in [0.4, 0.5) is 0 Å². The largest absolute Gasteiger partial charge is 0.361 e. The molecule has 2 rings (SSSR count). The van der Waals surface area contributed by atoms with E-state index in [1.54, 1.807) is 0 Å². The van der Waals surface area contributed by atoms with Crippen molar-refractivity contribution in [2.45, 2.75) is 45.4 Å². The van der Waals surface area contributed by atoms with E-state index in [4.69, 9.17) is 4.52 Å². The average Bonchev–Trinajstić information content (AvgIpc) is 2.53. The van der Waals surface area contributed by atoms with Crippen LogP contribution in [0, 0.1) is 12.8 Å². The molecule has 1 aliphatic carbocycles. The maximum absolute atomic E-state index is 5.09. The number of hydrogen-bond donors (Lipinski definition) is 0. The second kappa shape index (κ2) is 3.52. The van der Waals surface area contributed by atoms with Gasteiger partial charge in [-0.15, -0.1) is 0 Å². The summed E-state index contributed by atoms with van der Waals surface area (Å²) in [5.74, 6) is 2.51. The zero-order chi connectivity index (χ0) is 9.26. The lowest BCUT2D eigenvalue weighted by atomic mass is 9.81. The Bertz CT molecular complexity index is 271. The first-order valence-electron chi connectivity index (χ1n) is 5.19. The van der Waals surface area contributed by atoms with Crippen LogP contribution in [-0.2, 0) is 0 Å². The SMILES string of the molecule is Cc1cc(C2CCC(C)CC2)no1. The Hall–Kier alpha value is -0.790. The fourth-order valence-electron chi connectivity index (χ4n) is 2.13. The van der Waals surface area contributed by atoms with Gasteiger partial charge in [-0.1, -0.05) is 24.9 Å². The zero-order valence-corrected chi connectivity index (χ0v) is 8.42. The molecule has 1 aromatic rings. The highest BCUT2D eigenvalue weighted by Gasteiger charge is 2.21. The first-order chi connectivity index (χ1) is 6.25. The molecule has 1 heterocycles. The van der Waals surface area contributed by atoms with Crippen LogP contribution in [0.15, 0.2) is 10.6 Å². The highest BCUT2D eigenvalue weighted by Crippen LogP contribution is 2.34. The lowest BCUT2D eigenvalue weighted by Crippen LogP contribution is -2.10. The van der Waals surface area contributed by atoms with Gasteiger partial charge in [0.1, 0.15) is 5.76 Å². The summed E-state index contributed by atoms with van der Waals surface area (Å²) in [6.07, 6.45) is 5.26. The third-order valence-electron chi connectivity index (χ3n) is 3.08. The monoisotopic (exact) mass is 179 g/mol. The minimum absolute atomic E-state index is 0.661. The second-order valence-corrected chi connectivity index (χ2v) is 4.32. The molecule has 1 fully saturated rings. The molecule has 0 bridgehead atoms. The fraction of sp³-hybridized carbons (Fsp3) is 0.727. The van der Waals surface area contributed by atoms with E-state index in [1.165, 1.54) is 31.4 Å². The molecule has 0 aromatic carbocycles. The molecule has 1 aromatic heterocycles. The van der Waals surface area contributed by atoms with E-state index in [-0.39, 0.29) is 0 Å². The van der Waals surface area contributed by atoms with Crippen molar-refractivity contribution in [1.29, 1.82) is 0 Å². The van der Waals surface area contributed by atoms with Gasteiger partial charge in [0.2, 0.25) is 0 Å². The average molecular weight is 179 g/mol. The van der Waals surface area contributed by atoms with Crippen LogP contribution in [-0.4, -0.2) is 5.16 Å². The molecule has 1 aliphatic rings. The molecule has 0 amide bonds. The van der Waals surface area contributed by atoms with Crippen LogP contribution in [0.3, 0.4) is 0 Å². The van der Waals surface area contributed by atoms with Crippen molar-refractivity contribution in [3.8, 4) is 0 Å². The van der Waals surface area contributed by atoms with Gasteiger partial charge in [-0.05, 0) is 25.7 Å². The summed E-state index contributed by atoms with van der Waals surface area (Å²) in [4.78, 5) is 0. The highest BCUT2D eigenvalue weighted by molar-refractivity contribution is 5.10. The van der Waals surface area contributed by atoms with Crippen molar-refractivity contribution in [2.75, 3.05) is 0 Å². The molecular weight excluding hydrogens is 162 g/mol. The smallest absolute Gasteiger partial charge is 0.133 e. The van der Waals surface area contributed by atoms with E-state index in [0.717, 1.165) is 11.7 Å². The minimum atomic E-state index is 0.661. The molecule has 2 nitrogen and oxygen atoms in total. The highest BCUT2D eigenvalue weighted by atomic mass is 16.5. The number of nitrogens with zero attached hydrogens (tertiary/aromatic N) is 1. The van der Waals surface area contributed by atoms with Gasteiger partial charge >= 0.3 is 0 Å². The van der Waals surface area contributed by atoms with Crippen molar-refractivity contribution >= 4 is 0 Å². The van der Waals surface area contributed by atoms with E-state index in [0.29, 0.717) is 5.92 Å². The summed E-state index contributed by atoms with van der Waals surface area (Å²) in [5.41, 5.74) is 1.17. The predicted molar refractivity (Wildman–Crippen MR) is 51.6 cm³/mol. The quantitative estimate of drug-likeness (QED) is 0.661. The summed E-state index contributed by atoms with van der Waals surface area (Å²) < 4.78 is 5.09. The standard InChI is InChI=1S/C11H17NO/c1-8-3-5-10(6-4-8)11-7-9(2)13-12-11/h7-8,10H,3-6H2,1-2H3. The van der Waals surface area contributed by atoms with Gasteiger partial charge in [0.05, 0.1) is 5.69 Å². The summed E-state index contributed by atoms with van der Waals surface area (Å²) in [6.45, 7) is 4.30. The van der Waals surface area contributed by atoms with Crippen molar-refractivity contribution in [1.82, 2.24) is 5.16 Å². The maximum atomic E-state index is 5.09. The number of aromatic nitrogens is 1.